The number of hydrogen-bond acceptors (Lipinski definition) is 6. The van der Waals surface area contributed by atoms with Gasteiger partial charge in [0.1, 0.15) is 6.23 Å². The van der Waals surface area contributed by atoms with Crippen molar-refractivity contribution >= 4 is 17.8 Å². The number of aliphatic hydroxyl groups excluding tert-OH is 1. The molecule has 0 saturated carbocycles. The summed E-state index contributed by atoms with van der Waals surface area (Å²) < 4.78 is 0. The van der Waals surface area contributed by atoms with Gasteiger partial charge in [-0.15, -0.1) is 0 Å². The maximum absolute atomic E-state index is 11.9. The van der Waals surface area contributed by atoms with E-state index in [1.165, 1.54) is 9.80 Å². The van der Waals surface area contributed by atoms with Crippen LogP contribution in [-0.4, -0.2) is 85.8 Å². The van der Waals surface area contributed by atoms with Crippen LogP contribution in [-0.2, 0) is 4.79 Å². The van der Waals surface area contributed by atoms with Crippen LogP contribution in [0.15, 0.2) is 0 Å². The summed E-state index contributed by atoms with van der Waals surface area (Å²) in [5.41, 5.74) is -1.45. The van der Waals surface area contributed by atoms with Gasteiger partial charge in [0.25, 0.3) is 0 Å². The van der Waals surface area contributed by atoms with Crippen molar-refractivity contribution in [3.05, 3.63) is 0 Å². The summed E-state index contributed by atoms with van der Waals surface area (Å²) in [7, 11) is 0. The Labute approximate surface area is 137 Å². The number of carbonyl (C=O) groups is 1. The van der Waals surface area contributed by atoms with Gasteiger partial charge >= 0.3 is 0 Å². The molecule has 11 nitrogen and oxygen atoms in total. The third kappa shape index (κ3) is 1.79. The van der Waals surface area contributed by atoms with Crippen molar-refractivity contribution in [1.82, 2.24) is 25.8 Å². The fourth-order valence-corrected chi connectivity index (χ4v) is 4.32. The first-order valence-electron chi connectivity index (χ1n) is 7.94. The van der Waals surface area contributed by atoms with Crippen molar-refractivity contribution in [2.75, 3.05) is 13.1 Å². The standard InChI is InChI=1S/C13H21N7O4/c14-10-17-9-6(5-19-7(21)1-2-8(19)22)16-11(15)20-4-3-12(23,24)13(9,20)18-10/h6-7,9,21,23-24H,1-5H2,(H2,15,16)(H3,14,17,18). The Morgan fingerprint density at radius 1 is 1.29 bits per heavy atom. The highest BCUT2D eigenvalue weighted by Gasteiger charge is 2.70. The summed E-state index contributed by atoms with van der Waals surface area (Å²) in [5, 5.41) is 55.7. The second-order valence-corrected chi connectivity index (χ2v) is 6.77. The van der Waals surface area contributed by atoms with Crippen molar-refractivity contribution < 1.29 is 20.1 Å². The summed E-state index contributed by atoms with van der Waals surface area (Å²) in [6.45, 7) is 0.343. The number of likely N-dealkylation sites (tertiary alicyclic amines) is 1. The summed E-state index contributed by atoms with van der Waals surface area (Å²) in [6.07, 6.45) is -0.240. The van der Waals surface area contributed by atoms with Gasteiger partial charge in [-0.2, -0.15) is 0 Å². The molecule has 0 bridgehead atoms. The smallest absolute Gasteiger partial charge is 0.224 e. The van der Waals surface area contributed by atoms with E-state index in [2.05, 4.69) is 16.0 Å². The number of rotatable bonds is 2. The van der Waals surface area contributed by atoms with E-state index in [-0.39, 0.29) is 43.8 Å². The van der Waals surface area contributed by atoms with Gasteiger partial charge in [-0.25, -0.2) is 0 Å². The Bertz CT molecular complexity index is 625. The van der Waals surface area contributed by atoms with Crippen molar-refractivity contribution in [3.8, 4) is 0 Å². The number of carbonyl (C=O) groups excluding carboxylic acids is 1. The summed E-state index contributed by atoms with van der Waals surface area (Å²) in [4.78, 5) is 14.8. The third-order valence-corrected chi connectivity index (χ3v) is 5.47. The van der Waals surface area contributed by atoms with Crippen molar-refractivity contribution in [3.63, 3.8) is 0 Å². The molecule has 0 radical (unpaired) electrons. The fourth-order valence-electron chi connectivity index (χ4n) is 4.32. The van der Waals surface area contributed by atoms with Gasteiger partial charge in [0, 0.05) is 32.4 Å². The first kappa shape index (κ1) is 15.4. The summed E-state index contributed by atoms with van der Waals surface area (Å²) >= 11 is 0. The number of hydrogen-bond donors (Lipinski definition) is 8. The number of nitrogens with one attached hydrogen (secondary N) is 5. The third-order valence-electron chi connectivity index (χ3n) is 5.47. The normalized spacial score (nSPS) is 40.1. The minimum Gasteiger partial charge on any atom is -0.374 e. The number of guanidine groups is 2. The molecule has 4 saturated heterocycles. The van der Waals surface area contributed by atoms with E-state index in [0.717, 1.165) is 0 Å². The van der Waals surface area contributed by atoms with Gasteiger partial charge < -0.3 is 41.1 Å². The minimum atomic E-state index is -2.15. The highest BCUT2D eigenvalue weighted by Crippen LogP contribution is 2.42. The van der Waals surface area contributed by atoms with Crippen molar-refractivity contribution in [1.29, 1.82) is 10.8 Å². The van der Waals surface area contributed by atoms with Gasteiger partial charge in [-0.05, 0) is 0 Å². The van der Waals surface area contributed by atoms with E-state index in [1.54, 1.807) is 0 Å². The minimum absolute atomic E-state index is 0.00800. The molecule has 24 heavy (non-hydrogen) atoms. The van der Waals surface area contributed by atoms with Crippen molar-refractivity contribution in [2.24, 2.45) is 0 Å². The van der Waals surface area contributed by atoms with Crippen LogP contribution in [0.5, 0.6) is 0 Å². The lowest BCUT2D eigenvalue weighted by Crippen LogP contribution is -2.80. The van der Waals surface area contributed by atoms with E-state index in [4.69, 9.17) is 10.8 Å². The van der Waals surface area contributed by atoms with E-state index < -0.39 is 29.8 Å². The molecular formula is C13H21N7O4. The van der Waals surface area contributed by atoms with E-state index >= 15 is 0 Å². The molecule has 132 valence electrons. The van der Waals surface area contributed by atoms with Crippen LogP contribution in [0.2, 0.25) is 0 Å². The average molecular weight is 339 g/mol. The van der Waals surface area contributed by atoms with Crippen molar-refractivity contribution in [2.45, 2.75) is 49.0 Å². The predicted molar refractivity (Wildman–Crippen MR) is 80.6 cm³/mol. The molecule has 1 amide bonds. The number of nitrogens with zero attached hydrogens (tertiary/aromatic N) is 2. The number of amides is 1. The molecule has 1 spiro atoms. The second kappa shape index (κ2) is 4.71. The highest BCUT2D eigenvalue weighted by molar-refractivity contribution is 5.87. The lowest BCUT2D eigenvalue weighted by atomic mass is 9.85. The topological polar surface area (TPSA) is 168 Å². The van der Waals surface area contributed by atoms with E-state index in [1.807, 2.05) is 0 Å². The van der Waals surface area contributed by atoms with Gasteiger partial charge in [-0.1, -0.05) is 0 Å². The van der Waals surface area contributed by atoms with Gasteiger partial charge in [-0.3, -0.25) is 15.6 Å². The van der Waals surface area contributed by atoms with Gasteiger partial charge in [0.05, 0.1) is 12.1 Å². The SMILES string of the molecule is N=C1NC2C(CN3C(=O)CCC3O)NC(=N)N3CCC(O)(O)C23N1. The lowest BCUT2D eigenvalue weighted by Gasteiger charge is -2.51. The van der Waals surface area contributed by atoms with Crippen LogP contribution in [0.25, 0.3) is 0 Å². The monoisotopic (exact) mass is 339 g/mol. The second-order valence-electron chi connectivity index (χ2n) is 6.77. The maximum Gasteiger partial charge on any atom is 0.224 e. The quantitative estimate of drug-likeness (QED) is 0.239. The summed E-state index contributed by atoms with van der Waals surface area (Å²) in [6, 6.07) is -1.24. The predicted octanol–water partition coefficient (Wildman–Crippen LogP) is -3.59. The molecule has 0 aromatic heterocycles. The summed E-state index contributed by atoms with van der Waals surface area (Å²) in [5.74, 6) is -2.41. The fraction of sp³-hybridized carbons (Fsp3) is 0.769. The first-order chi connectivity index (χ1) is 11.3. The number of aliphatic hydroxyl groups is 3. The zero-order chi connectivity index (χ0) is 17.3. The van der Waals surface area contributed by atoms with Crippen LogP contribution in [0.3, 0.4) is 0 Å². The molecule has 8 N–H and O–H groups in total. The molecule has 4 atom stereocenters. The molecule has 11 heteroatoms. The van der Waals surface area contributed by atoms with E-state index in [9.17, 15) is 20.1 Å². The molecule has 4 rings (SSSR count). The molecule has 0 aliphatic carbocycles. The average Bonchev–Trinajstić information content (AvgIpc) is 3.10. The Balaban J connectivity index is 1.69. The van der Waals surface area contributed by atoms with Gasteiger partial charge in [0.15, 0.2) is 17.6 Å². The Hall–Kier alpha value is -2.11. The molecule has 4 aliphatic rings. The van der Waals surface area contributed by atoms with Gasteiger partial charge in [0.2, 0.25) is 11.7 Å². The molecular weight excluding hydrogens is 318 g/mol. The Morgan fingerprint density at radius 2 is 2.04 bits per heavy atom. The van der Waals surface area contributed by atoms with Crippen LogP contribution in [0.4, 0.5) is 0 Å². The molecule has 4 heterocycles. The largest absolute Gasteiger partial charge is 0.374 e. The Kier molecular flexibility index (Phi) is 3.03. The van der Waals surface area contributed by atoms with Crippen LogP contribution < -0.4 is 16.0 Å². The molecule has 0 aromatic rings. The zero-order valence-electron chi connectivity index (χ0n) is 12.9. The Morgan fingerprint density at radius 3 is 2.71 bits per heavy atom. The van der Waals surface area contributed by atoms with Crippen LogP contribution in [0, 0.1) is 10.8 Å². The van der Waals surface area contributed by atoms with E-state index in [0.29, 0.717) is 6.42 Å². The first-order valence-corrected chi connectivity index (χ1v) is 7.94. The lowest BCUT2D eigenvalue weighted by molar-refractivity contribution is -0.223. The van der Waals surface area contributed by atoms with Crippen LogP contribution >= 0.6 is 0 Å². The molecule has 4 aliphatic heterocycles. The maximum atomic E-state index is 11.9. The molecule has 4 unspecified atom stereocenters. The zero-order valence-corrected chi connectivity index (χ0v) is 12.9. The highest BCUT2D eigenvalue weighted by atomic mass is 16.5. The molecule has 0 aromatic carbocycles. The molecule has 4 fully saturated rings. The van der Waals surface area contributed by atoms with Crippen LogP contribution in [0.1, 0.15) is 19.3 Å².